The molecule has 96 valence electrons. The van der Waals surface area contributed by atoms with Crippen LogP contribution in [0.2, 0.25) is 10.0 Å². The van der Waals surface area contributed by atoms with Crippen LogP contribution in [0.5, 0.6) is 0 Å². The van der Waals surface area contributed by atoms with Gasteiger partial charge in [0.15, 0.2) is 0 Å². The van der Waals surface area contributed by atoms with E-state index in [1.807, 2.05) is 24.4 Å². The number of hydrogen-bond donors (Lipinski definition) is 1. The molecule has 0 spiro atoms. The van der Waals surface area contributed by atoms with Gasteiger partial charge in [0, 0.05) is 38.0 Å². The Balaban J connectivity index is 2.03. The monoisotopic (exact) mass is 353 g/mol. The number of benzene rings is 2. The van der Waals surface area contributed by atoms with Gasteiger partial charge in [-0.1, -0.05) is 45.2 Å². The van der Waals surface area contributed by atoms with E-state index >= 15 is 0 Å². The van der Waals surface area contributed by atoms with E-state index in [0.29, 0.717) is 10.0 Å². The number of hydrogen-bond acceptors (Lipinski definition) is 0. The molecule has 3 aromatic rings. The van der Waals surface area contributed by atoms with E-state index in [2.05, 4.69) is 33.0 Å². The summed E-state index contributed by atoms with van der Waals surface area (Å²) in [7, 11) is 0. The van der Waals surface area contributed by atoms with E-state index in [4.69, 9.17) is 23.2 Å². The molecule has 0 radical (unpaired) electrons. The van der Waals surface area contributed by atoms with Gasteiger partial charge in [-0.15, -0.1) is 0 Å². The first-order valence-corrected chi connectivity index (χ1v) is 7.38. The van der Waals surface area contributed by atoms with E-state index in [1.165, 1.54) is 10.9 Å². The molecule has 19 heavy (non-hydrogen) atoms. The zero-order valence-electron chi connectivity index (χ0n) is 9.88. The van der Waals surface area contributed by atoms with Gasteiger partial charge in [0.1, 0.15) is 0 Å². The number of halogens is 3. The maximum Gasteiger partial charge on any atom is 0.0457 e. The number of nitrogens with one attached hydrogen (secondary N) is 1. The zero-order valence-corrected chi connectivity index (χ0v) is 13.0. The van der Waals surface area contributed by atoms with E-state index < -0.39 is 0 Å². The third-order valence-corrected chi connectivity index (χ3v) is 4.21. The molecule has 2 aromatic carbocycles. The summed E-state index contributed by atoms with van der Waals surface area (Å²) in [6, 6.07) is 11.8. The Morgan fingerprint density at radius 2 is 1.84 bits per heavy atom. The maximum atomic E-state index is 6.22. The first kappa shape index (κ1) is 13.0. The highest BCUT2D eigenvalue weighted by Gasteiger charge is 2.08. The van der Waals surface area contributed by atoms with Crippen LogP contribution in [0.4, 0.5) is 0 Å². The first-order valence-electron chi connectivity index (χ1n) is 5.83. The van der Waals surface area contributed by atoms with Gasteiger partial charge in [-0.2, -0.15) is 0 Å². The smallest absolute Gasteiger partial charge is 0.0457 e. The van der Waals surface area contributed by atoms with Crippen molar-refractivity contribution in [1.29, 1.82) is 0 Å². The van der Waals surface area contributed by atoms with Gasteiger partial charge in [0.05, 0.1) is 0 Å². The summed E-state index contributed by atoms with van der Waals surface area (Å²) in [5.41, 5.74) is 3.43. The quantitative estimate of drug-likeness (QED) is 0.596. The Bertz CT molecular complexity index is 749. The molecule has 1 aromatic heterocycles. The Hall–Kier alpha value is -0.960. The van der Waals surface area contributed by atoms with Gasteiger partial charge in [0.2, 0.25) is 0 Å². The van der Waals surface area contributed by atoms with Crippen molar-refractivity contribution in [2.45, 2.75) is 6.42 Å². The fourth-order valence-corrected chi connectivity index (χ4v) is 3.00. The second-order valence-corrected chi connectivity index (χ2v) is 6.18. The van der Waals surface area contributed by atoms with Crippen molar-refractivity contribution in [2.75, 3.05) is 0 Å². The minimum atomic E-state index is 0.662. The van der Waals surface area contributed by atoms with Crippen molar-refractivity contribution >= 4 is 50.0 Å². The highest BCUT2D eigenvalue weighted by atomic mass is 79.9. The second kappa shape index (κ2) is 5.20. The molecule has 3 rings (SSSR count). The third kappa shape index (κ3) is 2.66. The molecule has 0 saturated carbocycles. The Kier molecular flexibility index (Phi) is 3.57. The van der Waals surface area contributed by atoms with Gasteiger partial charge in [0.25, 0.3) is 0 Å². The standard InChI is InChI=1S/C15H10BrCl2N/c16-11-2-4-15-13(6-11)10(8-19-15)5-9-1-3-12(17)7-14(9)18/h1-4,6-8,19H,5H2. The van der Waals surface area contributed by atoms with E-state index in [9.17, 15) is 0 Å². The van der Waals surface area contributed by atoms with E-state index in [-0.39, 0.29) is 0 Å². The van der Waals surface area contributed by atoms with Crippen LogP contribution in [-0.4, -0.2) is 4.98 Å². The summed E-state index contributed by atoms with van der Waals surface area (Å²) in [6.45, 7) is 0. The Morgan fingerprint density at radius 1 is 1.00 bits per heavy atom. The van der Waals surface area contributed by atoms with Crippen molar-refractivity contribution in [2.24, 2.45) is 0 Å². The fraction of sp³-hybridized carbons (Fsp3) is 0.0667. The van der Waals surface area contributed by atoms with Crippen LogP contribution >= 0.6 is 39.1 Å². The number of aromatic amines is 1. The third-order valence-electron chi connectivity index (χ3n) is 3.13. The summed E-state index contributed by atoms with van der Waals surface area (Å²) in [4.78, 5) is 3.28. The molecule has 0 aliphatic rings. The molecule has 1 nitrogen and oxygen atoms in total. The Morgan fingerprint density at radius 3 is 2.63 bits per heavy atom. The average Bonchev–Trinajstić information content (AvgIpc) is 2.75. The molecule has 1 heterocycles. The van der Waals surface area contributed by atoms with Gasteiger partial charge < -0.3 is 4.98 Å². The topological polar surface area (TPSA) is 15.8 Å². The number of aromatic nitrogens is 1. The average molecular weight is 355 g/mol. The highest BCUT2D eigenvalue weighted by Crippen LogP contribution is 2.28. The molecule has 4 heteroatoms. The molecule has 0 bridgehead atoms. The molecule has 0 amide bonds. The van der Waals surface area contributed by atoms with Crippen LogP contribution in [0.1, 0.15) is 11.1 Å². The molecule has 0 saturated heterocycles. The zero-order chi connectivity index (χ0) is 13.4. The minimum Gasteiger partial charge on any atom is -0.361 e. The SMILES string of the molecule is Clc1ccc(Cc2c[nH]c3ccc(Br)cc23)c(Cl)c1. The lowest BCUT2D eigenvalue weighted by Crippen LogP contribution is -1.88. The van der Waals surface area contributed by atoms with Crippen LogP contribution < -0.4 is 0 Å². The Labute approximate surface area is 129 Å². The fourth-order valence-electron chi connectivity index (χ4n) is 2.17. The van der Waals surface area contributed by atoms with Crippen molar-refractivity contribution in [1.82, 2.24) is 4.98 Å². The minimum absolute atomic E-state index is 0.662. The number of H-pyrrole nitrogens is 1. The summed E-state index contributed by atoms with van der Waals surface area (Å²) < 4.78 is 1.07. The summed E-state index contributed by atoms with van der Waals surface area (Å²) in [5, 5.41) is 2.58. The summed E-state index contributed by atoms with van der Waals surface area (Å²) in [5.74, 6) is 0. The predicted molar refractivity (Wildman–Crippen MR) is 85.3 cm³/mol. The number of rotatable bonds is 2. The van der Waals surface area contributed by atoms with Crippen molar-refractivity contribution in [3.8, 4) is 0 Å². The lowest BCUT2D eigenvalue weighted by molar-refractivity contribution is 1.21. The van der Waals surface area contributed by atoms with E-state index in [1.54, 1.807) is 6.07 Å². The highest BCUT2D eigenvalue weighted by molar-refractivity contribution is 9.10. The van der Waals surface area contributed by atoms with Gasteiger partial charge in [-0.25, -0.2) is 0 Å². The number of fused-ring (bicyclic) bond motifs is 1. The summed E-state index contributed by atoms with van der Waals surface area (Å²) in [6.07, 6.45) is 2.81. The molecular weight excluding hydrogens is 345 g/mol. The van der Waals surface area contributed by atoms with Crippen LogP contribution in [0, 0.1) is 0 Å². The van der Waals surface area contributed by atoms with Crippen LogP contribution in [0.3, 0.4) is 0 Å². The molecular formula is C15H10BrCl2N. The maximum absolute atomic E-state index is 6.22. The molecule has 0 aliphatic heterocycles. The predicted octanol–water partition coefficient (Wildman–Crippen LogP) is 5.83. The largest absolute Gasteiger partial charge is 0.361 e. The lowest BCUT2D eigenvalue weighted by atomic mass is 10.0. The van der Waals surface area contributed by atoms with Crippen LogP contribution in [0.25, 0.3) is 10.9 Å². The van der Waals surface area contributed by atoms with Gasteiger partial charge >= 0.3 is 0 Å². The molecule has 0 atom stereocenters. The van der Waals surface area contributed by atoms with Gasteiger partial charge in [-0.3, -0.25) is 0 Å². The van der Waals surface area contributed by atoms with Crippen molar-refractivity contribution in [3.63, 3.8) is 0 Å². The normalized spacial score (nSPS) is 11.1. The lowest BCUT2D eigenvalue weighted by Gasteiger charge is -2.04. The van der Waals surface area contributed by atoms with Crippen molar-refractivity contribution in [3.05, 3.63) is 68.2 Å². The first-order chi connectivity index (χ1) is 9.13. The molecule has 0 fully saturated rings. The molecule has 1 N–H and O–H groups in total. The van der Waals surface area contributed by atoms with Crippen LogP contribution in [0.15, 0.2) is 47.1 Å². The van der Waals surface area contributed by atoms with E-state index in [0.717, 1.165) is 22.0 Å². The van der Waals surface area contributed by atoms with Gasteiger partial charge in [-0.05, 0) is 41.5 Å². The summed E-state index contributed by atoms with van der Waals surface area (Å²) >= 11 is 15.6. The molecule has 0 unspecified atom stereocenters. The second-order valence-electron chi connectivity index (χ2n) is 4.42. The van der Waals surface area contributed by atoms with Crippen molar-refractivity contribution < 1.29 is 0 Å². The van der Waals surface area contributed by atoms with Crippen LogP contribution in [-0.2, 0) is 6.42 Å². The molecule has 0 aliphatic carbocycles.